The molecule has 0 aliphatic carbocycles. The first-order chi connectivity index (χ1) is 17.9. The van der Waals surface area contributed by atoms with E-state index in [0.717, 1.165) is 34.1 Å². The molecule has 0 fully saturated rings. The number of para-hydroxylation sites is 1. The van der Waals surface area contributed by atoms with E-state index < -0.39 is 6.04 Å². The van der Waals surface area contributed by atoms with E-state index >= 15 is 0 Å². The highest BCUT2D eigenvalue weighted by Gasteiger charge is 2.31. The fourth-order valence-electron chi connectivity index (χ4n) is 4.35. The lowest BCUT2D eigenvalue weighted by atomic mass is 10.0. The SMILES string of the molecule is Cc1ccc([C@@H](C(=O)NCCC(C)C)N(CCc2ccccc2)C(=O)Cn2nnc3ccccc32)cc1. The summed E-state index contributed by atoms with van der Waals surface area (Å²) in [6, 6.07) is 24.7. The first kappa shape index (κ1) is 26.1. The monoisotopic (exact) mass is 497 g/mol. The first-order valence-electron chi connectivity index (χ1n) is 12.9. The molecule has 0 aliphatic rings. The number of aryl methyl sites for hydroxylation is 1. The van der Waals surface area contributed by atoms with Crippen molar-refractivity contribution in [3.63, 3.8) is 0 Å². The number of fused-ring (bicyclic) bond motifs is 1. The van der Waals surface area contributed by atoms with E-state index in [-0.39, 0.29) is 18.4 Å². The summed E-state index contributed by atoms with van der Waals surface area (Å²) >= 11 is 0. The van der Waals surface area contributed by atoms with Crippen LogP contribution in [0.1, 0.15) is 43.0 Å². The average Bonchev–Trinajstić information content (AvgIpc) is 3.30. The second kappa shape index (κ2) is 12.3. The summed E-state index contributed by atoms with van der Waals surface area (Å²) in [5.74, 6) is 0.111. The molecule has 4 aromatic rings. The molecule has 1 aromatic heterocycles. The Kier molecular flexibility index (Phi) is 8.67. The van der Waals surface area contributed by atoms with Crippen LogP contribution in [-0.2, 0) is 22.6 Å². The Morgan fingerprint density at radius 3 is 2.38 bits per heavy atom. The fourth-order valence-corrected chi connectivity index (χ4v) is 4.35. The van der Waals surface area contributed by atoms with Crippen molar-refractivity contribution in [2.75, 3.05) is 13.1 Å². The largest absolute Gasteiger partial charge is 0.354 e. The maximum atomic E-state index is 13.9. The molecule has 0 saturated heterocycles. The van der Waals surface area contributed by atoms with E-state index in [1.165, 1.54) is 0 Å². The third-order valence-electron chi connectivity index (χ3n) is 6.48. The van der Waals surface area contributed by atoms with Gasteiger partial charge in [-0.25, -0.2) is 4.68 Å². The number of aromatic nitrogens is 3. The number of nitrogens with one attached hydrogen (secondary N) is 1. The van der Waals surface area contributed by atoms with Gasteiger partial charge in [-0.15, -0.1) is 5.10 Å². The van der Waals surface area contributed by atoms with E-state index in [0.29, 0.717) is 25.4 Å². The van der Waals surface area contributed by atoms with Gasteiger partial charge in [0.25, 0.3) is 0 Å². The van der Waals surface area contributed by atoms with Crippen molar-refractivity contribution in [2.24, 2.45) is 5.92 Å². The van der Waals surface area contributed by atoms with Gasteiger partial charge in [-0.2, -0.15) is 0 Å². The van der Waals surface area contributed by atoms with Crippen LogP contribution in [0.15, 0.2) is 78.9 Å². The summed E-state index contributed by atoms with van der Waals surface area (Å²) in [5, 5.41) is 11.5. The molecule has 0 radical (unpaired) electrons. The van der Waals surface area contributed by atoms with Crippen LogP contribution in [0.25, 0.3) is 11.0 Å². The summed E-state index contributed by atoms with van der Waals surface area (Å²) in [6.07, 6.45) is 1.50. The number of benzene rings is 3. The zero-order valence-corrected chi connectivity index (χ0v) is 21.8. The molecule has 0 spiro atoms. The molecule has 0 saturated carbocycles. The maximum Gasteiger partial charge on any atom is 0.247 e. The molecule has 0 unspecified atom stereocenters. The van der Waals surface area contributed by atoms with Crippen molar-refractivity contribution < 1.29 is 9.59 Å². The molecule has 37 heavy (non-hydrogen) atoms. The Bertz CT molecular complexity index is 1310. The van der Waals surface area contributed by atoms with Crippen LogP contribution < -0.4 is 5.32 Å². The van der Waals surface area contributed by atoms with Gasteiger partial charge in [0.1, 0.15) is 18.1 Å². The van der Waals surface area contributed by atoms with Crippen LogP contribution in [-0.4, -0.2) is 44.8 Å². The molecule has 1 atom stereocenters. The average molecular weight is 498 g/mol. The summed E-state index contributed by atoms with van der Waals surface area (Å²) < 4.78 is 1.61. The minimum atomic E-state index is -0.751. The van der Waals surface area contributed by atoms with E-state index in [1.54, 1.807) is 9.58 Å². The quantitative estimate of drug-likeness (QED) is 0.325. The van der Waals surface area contributed by atoms with Crippen molar-refractivity contribution in [1.82, 2.24) is 25.2 Å². The highest BCUT2D eigenvalue weighted by molar-refractivity contribution is 5.89. The van der Waals surface area contributed by atoms with E-state index in [4.69, 9.17) is 0 Å². The molecule has 192 valence electrons. The fraction of sp³-hybridized carbons (Fsp3) is 0.333. The lowest BCUT2D eigenvalue weighted by Gasteiger charge is -2.32. The number of rotatable bonds is 11. The van der Waals surface area contributed by atoms with Crippen molar-refractivity contribution in [1.29, 1.82) is 0 Å². The van der Waals surface area contributed by atoms with Gasteiger partial charge in [0.05, 0.1) is 5.52 Å². The van der Waals surface area contributed by atoms with Gasteiger partial charge >= 0.3 is 0 Å². The predicted octanol–water partition coefficient (Wildman–Crippen LogP) is 4.71. The maximum absolute atomic E-state index is 13.9. The summed E-state index contributed by atoms with van der Waals surface area (Å²) in [4.78, 5) is 29.2. The Balaban J connectivity index is 1.66. The highest BCUT2D eigenvalue weighted by atomic mass is 16.2. The minimum Gasteiger partial charge on any atom is -0.354 e. The number of nitrogens with zero attached hydrogens (tertiary/aromatic N) is 4. The highest BCUT2D eigenvalue weighted by Crippen LogP contribution is 2.24. The zero-order valence-electron chi connectivity index (χ0n) is 21.8. The van der Waals surface area contributed by atoms with Gasteiger partial charge in [-0.05, 0) is 48.9 Å². The lowest BCUT2D eigenvalue weighted by Crippen LogP contribution is -2.46. The van der Waals surface area contributed by atoms with Crippen LogP contribution in [0.5, 0.6) is 0 Å². The van der Waals surface area contributed by atoms with Crippen molar-refractivity contribution in [3.8, 4) is 0 Å². The van der Waals surface area contributed by atoms with Gasteiger partial charge < -0.3 is 10.2 Å². The van der Waals surface area contributed by atoms with Gasteiger partial charge in [0.15, 0.2) is 0 Å². The Morgan fingerprint density at radius 2 is 1.65 bits per heavy atom. The number of carbonyl (C=O) groups is 2. The molecule has 0 aliphatic heterocycles. The molecule has 1 N–H and O–H groups in total. The van der Waals surface area contributed by atoms with Gasteiger partial charge in [0, 0.05) is 13.1 Å². The normalized spacial score (nSPS) is 12.0. The molecular formula is C30H35N5O2. The Hall–Kier alpha value is -4.00. The zero-order chi connectivity index (χ0) is 26.2. The van der Waals surface area contributed by atoms with Crippen LogP contribution in [0.2, 0.25) is 0 Å². The third kappa shape index (κ3) is 6.82. The number of hydrogen-bond acceptors (Lipinski definition) is 4. The second-order valence-electron chi connectivity index (χ2n) is 9.85. The molecule has 2 amide bonds. The molecule has 0 bridgehead atoms. The van der Waals surface area contributed by atoms with Gasteiger partial charge in [-0.3, -0.25) is 9.59 Å². The number of amides is 2. The standard InChI is InChI=1S/C30H35N5O2/c1-22(2)17-19-31-30(37)29(25-15-13-23(3)14-16-25)34(20-18-24-9-5-4-6-10-24)28(36)21-35-27-12-8-7-11-26(27)32-33-35/h4-16,22,29H,17-21H2,1-3H3,(H,31,37)/t29-/m0/s1. The molecule has 1 heterocycles. The smallest absolute Gasteiger partial charge is 0.247 e. The Morgan fingerprint density at radius 1 is 0.946 bits per heavy atom. The molecule has 7 nitrogen and oxygen atoms in total. The Labute approximate surface area is 218 Å². The van der Waals surface area contributed by atoms with Crippen LogP contribution in [0.4, 0.5) is 0 Å². The van der Waals surface area contributed by atoms with Crippen LogP contribution >= 0.6 is 0 Å². The minimum absolute atomic E-state index is 0.00304. The predicted molar refractivity (Wildman–Crippen MR) is 146 cm³/mol. The summed E-state index contributed by atoms with van der Waals surface area (Å²) in [5.41, 5.74) is 4.51. The molecule has 7 heteroatoms. The van der Waals surface area contributed by atoms with Crippen molar-refractivity contribution in [3.05, 3.63) is 95.6 Å². The van der Waals surface area contributed by atoms with E-state index in [2.05, 4.69) is 29.5 Å². The van der Waals surface area contributed by atoms with Gasteiger partial charge in [0.2, 0.25) is 11.8 Å². The van der Waals surface area contributed by atoms with E-state index in [1.807, 2.05) is 85.8 Å². The van der Waals surface area contributed by atoms with Gasteiger partial charge in [-0.1, -0.05) is 91.4 Å². The first-order valence-corrected chi connectivity index (χ1v) is 12.9. The third-order valence-corrected chi connectivity index (χ3v) is 6.48. The van der Waals surface area contributed by atoms with Crippen molar-refractivity contribution in [2.45, 2.75) is 46.2 Å². The summed E-state index contributed by atoms with van der Waals surface area (Å²) in [6.45, 7) is 7.22. The summed E-state index contributed by atoms with van der Waals surface area (Å²) in [7, 11) is 0. The lowest BCUT2D eigenvalue weighted by molar-refractivity contribution is -0.141. The van der Waals surface area contributed by atoms with Crippen LogP contribution in [0.3, 0.4) is 0 Å². The van der Waals surface area contributed by atoms with Crippen LogP contribution in [0, 0.1) is 12.8 Å². The van der Waals surface area contributed by atoms with Crippen molar-refractivity contribution >= 4 is 22.8 Å². The topological polar surface area (TPSA) is 80.1 Å². The number of carbonyl (C=O) groups excluding carboxylic acids is 2. The molecule has 3 aromatic carbocycles. The molecule has 4 rings (SSSR count). The molecular weight excluding hydrogens is 462 g/mol. The van der Waals surface area contributed by atoms with E-state index in [9.17, 15) is 9.59 Å². The number of hydrogen-bond donors (Lipinski definition) is 1. The second-order valence-corrected chi connectivity index (χ2v) is 9.85.